The quantitative estimate of drug-likeness (QED) is 0.831. The number of carbonyl (C=O) groups is 2. The Morgan fingerprint density at radius 3 is 2.48 bits per heavy atom. The molecular formula is C19H28N2O2. The maximum atomic E-state index is 12.6. The molecular weight excluding hydrogens is 288 g/mol. The first-order valence-electron chi connectivity index (χ1n) is 8.77. The summed E-state index contributed by atoms with van der Waals surface area (Å²) in [5.41, 5.74) is 0.768. The predicted molar refractivity (Wildman–Crippen MR) is 93.1 cm³/mol. The van der Waals surface area contributed by atoms with Gasteiger partial charge in [-0.2, -0.15) is 0 Å². The summed E-state index contributed by atoms with van der Waals surface area (Å²) >= 11 is 0. The Bertz CT molecular complexity index is 509. The molecule has 1 atom stereocenters. The Morgan fingerprint density at radius 1 is 1.22 bits per heavy atom. The van der Waals surface area contributed by atoms with E-state index in [1.807, 2.05) is 44.2 Å². The van der Waals surface area contributed by atoms with Crippen molar-refractivity contribution in [2.75, 3.05) is 11.9 Å². The van der Waals surface area contributed by atoms with Crippen LogP contribution in [0.3, 0.4) is 0 Å². The molecule has 1 N–H and O–H groups in total. The number of rotatable bonds is 7. The standard InChI is InChI=1S/C19H28N2O2/c1-3-13-21(18(22)14-16-9-7-8-10-16)15(2)19(23)20-17-11-5-4-6-12-17/h4-6,11-12,15-16H,3,7-10,13-14H2,1-2H3,(H,20,23). The van der Waals surface area contributed by atoms with Gasteiger partial charge in [-0.05, 0) is 44.2 Å². The summed E-state index contributed by atoms with van der Waals surface area (Å²) in [4.78, 5) is 26.8. The highest BCUT2D eigenvalue weighted by molar-refractivity contribution is 5.96. The highest BCUT2D eigenvalue weighted by Gasteiger charge is 2.28. The molecule has 1 aromatic carbocycles. The first-order valence-corrected chi connectivity index (χ1v) is 8.77. The summed E-state index contributed by atoms with van der Waals surface area (Å²) in [6.07, 6.45) is 6.21. The van der Waals surface area contributed by atoms with E-state index >= 15 is 0 Å². The van der Waals surface area contributed by atoms with E-state index in [9.17, 15) is 9.59 Å². The minimum atomic E-state index is -0.441. The number of hydrogen-bond acceptors (Lipinski definition) is 2. The Kier molecular flexibility index (Phi) is 6.63. The van der Waals surface area contributed by atoms with E-state index in [-0.39, 0.29) is 11.8 Å². The van der Waals surface area contributed by atoms with E-state index < -0.39 is 6.04 Å². The Labute approximate surface area is 139 Å². The van der Waals surface area contributed by atoms with Gasteiger partial charge >= 0.3 is 0 Å². The van der Waals surface area contributed by atoms with Crippen LogP contribution in [0.5, 0.6) is 0 Å². The third-order valence-corrected chi connectivity index (χ3v) is 4.61. The van der Waals surface area contributed by atoms with Crippen LogP contribution < -0.4 is 5.32 Å². The lowest BCUT2D eigenvalue weighted by atomic mass is 10.0. The number of anilines is 1. The number of carbonyl (C=O) groups excluding carboxylic acids is 2. The van der Waals surface area contributed by atoms with Gasteiger partial charge in [-0.25, -0.2) is 0 Å². The molecule has 4 heteroatoms. The maximum absolute atomic E-state index is 12.6. The minimum absolute atomic E-state index is 0.120. The van der Waals surface area contributed by atoms with Crippen molar-refractivity contribution in [3.05, 3.63) is 30.3 Å². The molecule has 0 aromatic heterocycles. The van der Waals surface area contributed by atoms with Gasteiger partial charge in [0, 0.05) is 18.7 Å². The largest absolute Gasteiger partial charge is 0.331 e. The molecule has 4 nitrogen and oxygen atoms in total. The van der Waals surface area contributed by atoms with Crippen LogP contribution >= 0.6 is 0 Å². The summed E-state index contributed by atoms with van der Waals surface area (Å²) in [7, 11) is 0. The second-order valence-corrected chi connectivity index (χ2v) is 6.47. The first kappa shape index (κ1) is 17.5. The number of amides is 2. The molecule has 0 bridgehead atoms. The molecule has 1 aliphatic carbocycles. The van der Waals surface area contributed by atoms with Gasteiger partial charge < -0.3 is 10.2 Å². The van der Waals surface area contributed by atoms with Crippen molar-refractivity contribution >= 4 is 17.5 Å². The lowest BCUT2D eigenvalue weighted by molar-refractivity contribution is -0.138. The summed E-state index contributed by atoms with van der Waals surface area (Å²) in [5, 5.41) is 2.90. The van der Waals surface area contributed by atoms with Crippen LogP contribution in [0.4, 0.5) is 5.69 Å². The lowest BCUT2D eigenvalue weighted by Crippen LogP contribution is -2.46. The van der Waals surface area contributed by atoms with Crippen molar-refractivity contribution in [3.63, 3.8) is 0 Å². The van der Waals surface area contributed by atoms with Crippen molar-refractivity contribution in [2.45, 2.75) is 58.4 Å². The van der Waals surface area contributed by atoms with Crippen molar-refractivity contribution in [2.24, 2.45) is 5.92 Å². The second-order valence-electron chi connectivity index (χ2n) is 6.47. The predicted octanol–water partition coefficient (Wildman–Crippen LogP) is 3.83. The number of nitrogens with zero attached hydrogens (tertiary/aromatic N) is 1. The van der Waals surface area contributed by atoms with Crippen molar-refractivity contribution < 1.29 is 9.59 Å². The Balaban J connectivity index is 1.97. The number of nitrogens with one attached hydrogen (secondary N) is 1. The first-order chi connectivity index (χ1) is 11.1. The molecule has 23 heavy (non-hydrogen) atoms. The van der Waals surface area contributed by atoms with E-state index in [0.29, 0.717) is 18.9 Å². The van der Waals surface area contributed by atoms with Crippen LogP contribution in [-0.2, 0) is 9.59 Å². The average molecular weight is 316 g/mol. The molecule has 1 aliphatic rings. The van der Waals surface area contributed by atoms with Crippen LogP contribution in [0, 0.1) is 5.92 Å². The van der Waals surface area contributed by atoms with Gasteiger partial charge in [-0.15, -0.1) is 0 Å². The van der Waals surface area contributed by atoms with E-state index in [0.717, 1.165) is 24.9 Å². The molecule has 0 heterocycles. The van der Waals surface area contributed by atoms with E-state index in [4.69, 9.17) is 0 Å². The summed E-state index contributed by atoms with van der Waals surface area (Å²) in [6.45, 7) is 4.49. The van der Waals surface area contributed by atoms with Gasteiger partial charge in [0.25, 0.3) is 0 Å². The zero-order valence-corrected chi connectivity index (χ0v) is 14.3. The van der Waals surface area contributed by atoms with E-state index in [1.54, 1.807) is 4.90 Å². The van der Waals surface area contributed by atoms with Crippen LogP contribution in [0.2, 0.25) is 0 Å². The van der Waals surface area contributed by atoms with Gasteiger partial charge in [0.2, 0.25) is 11.8 Å². The van der Waals surface area contributed by atoms with E-state index in [2.05, 4.69) is 5.32 Å². The van der Waals surface area contributed by atoms with Gasteiger partial charge in [0.05, 0.1) is 0 Å². The number of hydrogen-bond donors (Lipinski definition) is 1. The lowest BCUT2D eigenvalue weighted by Gasteiger charge is -2.29. The monoisotopic (exact) mass is 316 g/mol. The van der Waals surface area contributed by atoms with Crippen LogP contribution in [-0.4, -0.2) is 29.3 Å². The van der Waals surface area contributed by atoms with Crippen LogP contribution in [0.1, 0.15) is 52.4 Å². The number of para-hydroxylation sites is 1. The normalized spacial score (nSPS) is 16.1. The zero-order valence-electron chi connectivity index (χ0n) is 14.3. The Morgan fingerprint density at radius 2 is 1.87 bits per heavy atom. The van der Waals surface area contributed by atoms with Gasteiger partial charge in [-0.1, -0.05) is 38.0 Å². The van der Waals surface area contributed by atoms with Gasteiger partial charge in [0.15, 0.2) is 0 Å². The smallest absolute Gasteiger partial charge is 0.246 e. The molecule has 0 radical (unpaired) electrons. The Hall–Kier alpha value is -1.84. The molecule has 1 fully saturated rings. The highest BCUT2D eigenvalue weighted by atomic mass is 16.2. The molecule has 0 aliphatic heterocycles. The molecule has 2 amide bonds. The maximum Gasteiger partial charge on any atom is 0.246 e. The van der Waals surface area contributed by atoms with Gasteiger partial charge in [-0.3, -0.25) is 9.59 Å². The van der Waals surface area contributed by atoms with Gasteiger partial charge in [0.1, 0.15) is 6.04 Å². The van der Waals surface area contributed by atoms with E-state index in [1.165, 1.54) is 12.8 Å². The summed E-state index contributed by atoms with van der Waals surface area (Å²) in [6, 6.07) is 8.95. The fourth-order valence-corrected chi connectivity index (χ4v) is 3.26. The molecule has 126 valence electrons. The minimum Gasteiger partial charge on any atom is -0.331 e. The van der Waals surface area contributed by atoms with Crippen molar-refractivity contribution in [1.82, 2.24) is 4.90 Å². The third kappa shape index (κ3) is 5.08. The molecule has 1 unspecified atom stereocenters. The molecule has 2 rings (SSSR count). The SMILES string of the molecule is CCCN(C(=O)CC1CCCC1)C(C)C(=O)Nc1ccccc1. The van der Waals surface area contributed by atoms with Crippen molar-refractivity contribution in [3.8, 4) is 0 Å². The third-order valence-electron chi connectivity index (χ3n) is 4.61. The summed E-state index contributed by atoms with van der Waals surface area (Å²) < 4.78 is 0. The highest BCUT2D eigenvalue weighted by Crippen LogP contribution is 2.28. The average Bonchev–Trinajstić information content (AvgIpc) is 3.05. The number of benzene rings is 1. The topological polar surface area (TPSA) is 49.4 Å². The molecule has 1 saturated carbocycles. The summed E-state index contributed by atoms with van der Waals surface area (Å²) in [5.74, 6) is 0.505. The fraction of sp³-hybridized carbons (Fsp3) is 0.579. The van der Waals surface area contributed by atoms with Crippen molar-refractivity contribution in [1.29, 1.82) is 0 Å². The van der Waals surface area contributed by atoms with Crippen LogP contribution in [0.25, 0.3) is 0 Å². The molecule has 0 saturated heterocycles. The zero-order chi connectivity index (χ0) is 16.7. The second kappa shape index (κ2) is 8.70. The molecule has 1 aromatic rings. The fourth-order valence-electron chi connectivity index (χ4n) is 3.26. The molecule has 0 spiro atoms. The van der Waals surface area contributed by atoms with Crippen LogP contribution in [0.15, 0.2) is 30.3 Å².